The van der Waals surface area contributed by atoms with Gasteiger partial charge in [-0.1, -0.05) is 18.2 Å². The number of nitrogens with one attached hydrogen (secondary N) is 1. The molecule has 2 aromatic heterocycles. The Kier molecular flexibility index (Phi) is 5.41. The Bertz CT molecular complexity index is 1180. The fraction of sp³-hybridized carbons (Fsp3) is 0.364. The largest absolute Gasteiger partial charge is 0.334 e. The van der Waals surface area contributed by atoms with Crippen molar-refractivity contribution in [2.24, 2.45) is 0 Å². The Hall–Kier alpha value is -2.49. The van der Waals surface area contributed by atoms with Crippen LogP contribution in [-0.4, -0.2) is 40.8 Å². The lowest BCUT2D eigenvalue weighted by Crippen LogP contribution is -2.42. The Morgan fingerprint density at radius 3 is 2.84 bits per heavy atom. The topological polar surface area (TPSA) is 84.3 Å². The molecule has 162 valence electrons. The van der Waals surface area contributed by atoms with Crippen LogP contribution in [0.25, 0.3) is 11.3 Å². The van der Waals surface area contributed by atoms with Crippen LogP contribution in [0.3, 0.4) is 0 Å². The quantitative estimate of drug-likeness (QED) is 0.634. The van der Waals surface area contributed by atoms with Crippen LogP contribution >= 0.6 is 11.3 Å². The number of hydrogen-bond acceptors (Lipinski definition) is 5. The first-order valence-electron chi connectivity index (χ1n) is 10.5. The molecule has 1 N–H and O–H groups in total. The number of fused-ring (bicyclic) bond motifs is 1. The highest BCUT2D eigenvalue weighted by molar-refractivity contribution is 7.91. The van der Waals surface area contributed by atoms with Gasteiger partial charge < -0.3 is 9.88 Å². The van der Waals surface area contributed by atoms with Crippen LogP contribution in [0.15, 0.2) is 52.2 Å². The van der Waals surface area contributed by atoms with Gasteiger partial charge in [-0.2, -0.15) is 4.31 Å². The Morgan fingerprint density at radius 2 is 2.03 bits per heavy atom. The first-order chi connectivity index (χ1) is 15.0. The number of nitrogens with zero attached hydrogens (tertiary/aromatic N) is 3. The summed E-state index contributed by atoms with van der Waals surface area (Å²) in [6.45, 7) is 1.35. The molecule has 1 amide bonds. The highest BCUT2D eigenvalue weighted by atomic mass is 32.2. The number of imidazole rings is 1. The van der Waals surface area contributed by atoms with Crippen molar-refractivity contribution >= 4 is 33.0 Å². The second kappa shape index (κ2) is 8.22. The molecule has 1 aromatic carbocycles. The minimum atomic E-state index is -3.66. The van der Waals surface area contributed by atoms with Crippen molar-refractivity contribution < 1.29 is 13.2 Å². The van der Waals surface area contributed by atoms with Gasteiger partial charge in [-0.15, -0.1) is 11.3 Å². The van der Waals surface area contributed by atoms with Crippen molar-refractivity contribution in [2.45, 2.75) is 48.9 Å². The molecule has 7 nitrogen and oxygen atoms in total. The molecule has 1 unspecified atom stereocenters. The van der Waals surface area contributed by atoms with E-state index in [1.54, 1.807) is 17.5 Å². The van der Waals surface area contributed by atoms with E-state index in [4.69, 9.17) is 4.98 Å². The van der Waals surface area contributed by atoms with Gasteiger partial charge in [0.1, 0.15) is 16.1 Å². The number of rotatable bonds is 5. The molecular weight excluding hydrogens is 432 g/mol. The minimum absolute atomic E-state index is 0.276. The number of anilines is 1. The van der Waals surface area contributed by atoms with Crippen LogP contribution in [-0.2, 0) is 27.8 Å². The third-order valence-electron chi connectivity index (χ3n) is 5.90. The third kappa shape index (κ3) is 3.93. The monoisotopic (exact) mass is 456 g/mol. The van der Waals surface area contributed by atoms with Crippen molar-refractivity contribution in [3.05, 3.63) is 53.8 Å². The average Bonchev–Trinajstić information content (AvgIpc) is 3.54. The number of carbonyl (C=O) groups excluding carboxylic acids is 1. The van der Waals surface area contributed by atoms with E-state index in [0.29, 0.717) is 25.1 Å². The van der Waals surface area contributed by atoms with E-state index in [1.165, 1.54) is 28.5 Å². The van der Waals surface area contributed by atoms with Crippen molar-refractivity contribution in [1.29, 1.82) is 0 Å². The van der Waals surface area contributed by atoms with Gasteiger partial charge in [0.2, 0.25) is 5.91 Å². The highest BCUT2D eigenvalue weighted by Crippen LogP contribution is 2.30. The molecule has 2 aliphatic rings. The summed E-state index contributed by atoms with van der Waals surface area (Å²) in [4.78, 5) is 17.8. The molecule has 1 fully saturated rings. The second-order valence-electron chi connectivity index (χ2n) is 7.97. The zero-order valence-electron chi connectivity index (χ0n) is 17.0. The Labute approximate surface area is 185 Å². The van der Waals surface area contributed by atoms with Crippen LogP contribution in [0, 0.1) is 0 Å². The van der Waals surface area contributed by atoms with Crippen molar-refractivity contribution in [1.82, 2.24) is 13.9 Å². The molecule has 0 radical (unpaired) electrons. The molecular formula is C22H24N4O3S2. The lowest BCUT2D eigenvalue weighted by molar-refractivity contribution is -0.119. The first-order valence-corrected chi connectivity index (χ1v) is 12.9. The molecule has 9 heteroatoms. The Balaban J connectivity index is 1.35. The SMILES string of the molecule is O=C(Nc1cccc(-c2cn3c(n2)CCCC3)c1)C1CCCN1S(=O)(=O)c1cccs1. The summed E-state index contributed by atoms with van der Waals surface area (Å²) in [5, 5.41) is 4.66. The van der Waals surface area contributed by atoms with Crippen LogP contribution in [0.1, 0.15) is 31.5 Å². The number of benzene rings is 1. The van der Waals surface area contributed by atoms with Gasteiger partial charge >= 0.3 is 0 Å². The van der Waals surface area contributed by atoms with Gasteiger partial charge in [0.25, 0.3) is 10.0 Å². The smallest absolute Gasteiger partial charge is 0.253 e. The van der Waals surface area contributed by atoms with Gasteiger partial charge in [0.15, 0.2) is 0 Å². The summed E-state index contributed by atoms with van der Waals surface area (Å²) in [6, 6.07) is 10.2. The molecule has 1 saturated heterocycles. The summed E-state index contributed by atoms with van der Waals surface area (Å²) in [5.74, 6) is 0.815. The van der Waals surface area contributed by atoms with Crippen molar-refractivity contribution in [2.75, 3.05) is 11.9 Å². The van der Waals surface area contributed by atoms with Crippen LogP contribution in [0.2, 0.25) is 0 Å². The molecule has 0 saturated carbocycles. The fourth-order valence-corrected chi connectivity index (χ4v) is 7.13. The molecule has 0 bridgehead atoms. The standard InChI is InChI=1S/C22H24N4O3S2/c27-22(19-8-4-12-26(19)31(28,29)21-10-5-13-30-21)23-17-7-3-6-16(14-17)18-15-25-11-2-1-9-20(25)24-18/h3,5-7,10,13-15,19H,1-2,4,8-9,11-12H2,(H,23,27). The molecule has 2 aliphatic heterocycles. The minimum Gasteiger partial charge on any atom is -0.334 e. The zero-order valence-corrected chi connectivity index (χ0v) is 18.7. The maximum absolute atomic E-state index is 13.0. The predicted octanol–water partition coefficient (Wildman–Crippen LogP) is 3.74. The van der Waals surface area contributed by atoms with Gasteiger partial charge in [-0.05, 0) is 49.3 Å². The van der Waals surface area contributed by atoms with E-state index in [2.05, 4.69) is 16.1 Å². The van der Waals surface area contributed by atoms with E-state index >= 15 is 0 Å². The van der Waals surface area contributed by atoms with Gasteiger partial charge in [-0.3, -0.25) is 4.79 Å². The van der Waals surface area contributed by atoms with Crippen LogP contribution < -0.4 is 5.32 Å². The number of thiophene rings is 1. The maximum Gasteiger partial charge on any atom is 0.253 e. The van der Waals surface area contributed by atoms with E-state index in [1.807, 2.05) is 24.3 Å². The number of amides is 1. The van der Waals surface area contributed by atoms with Gasteiger partial charge in [0.05, 0.1) is 5.69 Å². The lowest BCUT2D eigenvalue weighted by atomic mass is 10.1. The molecule has 4 heterocycles. The summed E-state index contributed by atoms with van der Waals surface area (Å²) in [7, 11) is -3.66. The number of aromatic nitrogens is 2. The predicted molar refractivity (Wildman–Crippen MR) is 120 cm³/mol. The number of hydrogen-bond donors (Lipinski definition) is 1. The molecule has 1 atom stereocenters. The summed E-state index contributed by atoms with van der Waals surface area (Å²) >= 11 is 1.17. The van der Waals surface area contributed by atoms with Gasteiger partial charge in [0, 0.05) is 37.0 Å². The van der Waals surface area contributed by atoms with Crippen LogP contribution in [0.5, 0.6) is 0 Å². The normalized spacial score (nSPS) is 19.3. The zero-order chi connectivity index (χ0) is 21.4. The van der Waals surface area contributed by atoms with Crippen LogP contribution in [0.4, 0.5) is 5.69 Å². The van der Waals surface area contributed by atoms with E-state index in [-0.39, 0.29) is 10.1 Å². The molecule has 5 rings (SSSR count). The average molecular weight is 457 g/mol. The fourth-order valence-electron chi connectivity index (χ4n) is 4.35. The highest BCUT2D eigenvalue weighted by Gasteiger charge is 2.39. The number of aryl methyl sites for hydroxylation is 2. The van der Waals surface area contributed by atoms with Gasteiger partial charge in [-0.25, -0.2) is 13.4 Å². The molecule has 0 aliphatic carbocycles. The maximum atomic E-state index is 13.0. The van der Waals surface area contributed by atoms with E-state index < -0.39 is 16.1 Å². The van der Waals surface area contributed by atoms with E-state index in [0.717, 1.165) is 30.0 Å². The summed E-state index contributed by atoms with van der Waals surface area (Å²) < 4.78 is 29.7. The van der Waals surface area contributed by atoms with E-state index in [9.17, 15) is 13.2 Å². The van der Waals surface area contributed by atoms with Crippen molar-refractivity contribution in [3.8, 4) is 11.3 Å². The number of carbonyl (C=O) groups is 1. The summed E-state index contributed by atoms with van der Waals surface area (Å²) in [6.07, 6.45) is 6.59. The summed E-state index contributed by atoms with van der Waals surface area (Å²) in [5.41, 5.74) is 2.48. The first kappa shape index (κ1) is 20.4. The molecule has 3 aromatic rings. The van der Waals surface area contributed by atoms with Crippen molar-refractivity contribution in [3.63, 3.8) is 0 Å². The second-order valence-corrected chi connectivity index (χ2v) is 11.0. The Morgan fingerprint density at radius 1 is 1.13 bits per heavy atom. The lowest BCUT2D eigenvalue weighted by Gasteiger charge is -2.22. The third-order valence-corrected chi connectivity index (χ3v) is 9.18. The molecule has 31 heavy (non-hydrogen) atoms. The number of sulfonamides is 1. The molecule has 0 spiro atoms.